The van der Waals surface area contributed by atoms with Gasteiger partial charge >= 0.3 is 0 Å². The summed E-state index contributed by atoms with van der Waals surface area (Å²) < 4.78 is 0. The molecule has 24 heavy (non-hydrogen) atoms. The van der Waals surface area contributed by atoms with Crippen LogP contribution in [0.2, 0.25) is 0 Å². The van der Waals surface area contributed by atoms with Crippen LogP contribution in [0.5, 0.6) is 0 Å². The molecule has 0 unspecified atom stereocenters. The molecule has 118 valence electrons. The summed E-state index contributed by atoms with van der Waals surface area (Å²) >= 11 is 0. The minimum Gasteiger partial charge on any atom is -0.0807 e. The van der Waals surface area contributed by atoms with Gasteiger partial charge in [-0.1, -0.05) is 60.7 Å². The maximum atomic E-state index is 2.39. The van der Waals surface area contributed by atoms with Gasteiger partial charge in [0.25, 0.3) is 0 Å². The molecule has 0 radical (unpaired) electrons. The number of hydrogen-bond acceptors (Lipinski definition) is 0. The maximum absolute atomic E-state index is 2.39. The molecular weight excluding hydrogens is 288 g/mol. The van der Waals surface area contributed by atoms with Crippen molar-refractivity contribution >= 4 is 16.3 Å². The summed E-state index contributed by atoms with van der Waals surface area (Å²) in [6, 6.07) is 22.1. The minimum atomic E-state index is 1.14. The molecule has 4 rings (SSSR count). The Morgan fingerprint density at radius 2 is 1.46 bits per heavy atom. The highest BCUT2D eigenvalue weighted by molar-refractivity contribution is 6.00. The smallest absolute Gasteiger partial charge is 0.00966 e. The lowest BCUT2D eigenvalue weighted by atomic mass is 9.87. The van der Waals surface area contributed by atoms with Crippen LogP contribution in [0, 0.1) is 6.92 Å². The number of fused-ring (bicyclic) bond motifs is 1. The standard InChI is InChI=1S/C24H22/c1-17-9-3-6-12-21(17)20-15-19-11-5-8-14-23(19)24(16-20)22-13-7-4-10-18(22)2/h4-5,7-16H,3,6H2,1-2H3. The van der Waals surface area contributed by atoms with Crippen LogP contribution in [-0.4, -0.2) is 0 Å². The lowest BCUT2D eigenvalue weighted by Gasteiger charge is -2.17. The van der Waals surface area contributed by atoms with Gasteiger partial charge < -0.3 is 0 Å². The van der Waals surface area contributed by atoms with E-state index in [1.807, 2.05) is 0 Å². The molecule has 0 saturated heterocycles. The van der Waals surface area contributed by atoms with Gasteiger partial charge in [-0.25, -0.2) is 0 Å². The number of allylic oxidation sites excluding steroid dienone is 4. The summed E-state index contributed by atoms with van der Waals surface area (Å²) in [6.07, 6.45) is 7.05. The van der Waals surface area contributed by atoms with Gasteiger partial charge in [0, 0.05) is 0 Å². The van der Waals surface area contributed by atoms with Gasteiger partial charge in [0.2, 0.25) is 0 Å². The molecule has 0 N–H and O–H groups in total. The molecule has 0 nitrogen and oxygen atoms in total. The zero-order valence-corrected chi connectivity index (χ0v) is 14.3. The van der Waals surface area contributed by atoms with E-state index in [1.165, 1.54) is 44.2 Å². The summed E-state index contributed by atoms with van der Waals surface area (Å²) in [6.45, 7) is 4.43. The van der Waals surface area contributed by atoms with Crippen LogP contribution in [0.1, 0.15) is 30.9 Å². The van der Waals surface area contributed by atoms with Gasteiger partial charge in [-0.2, -0.15) is 0 Å². The van der Waals surface area contributed by atoms with Crippen molar-refractivity contribution in [3.8, 4) is 11.1 Å². The Hall–Kier alpha value is -2.60. The van der Waals surface area contributed by atoms with Crippen LogP contribution in [0.15, 0.2) is 78.4 Å². The quantitative estimate of drug-likeness (QED) is 0.481. The number of hydrogen-bond donors (Lipinski definition) is 0. The summed E-state index contributed by atoms with van der Waals surface area (Å²) in [5.41, 5.74) is 8.10. The fourth-order valence-electron chi connectivity index (χ4n) is 3.71. The summed E-state index contributed by atoms with van der Waals surface area (Å²) in [7, 11) is 0. The van der Waals surface area contributed by atoms with E-state index in [9.17, 15) is 0 Å². The first-order valence-electron chi connectivity index (χ1n) is 8.70. The molecule has 1 aliphatic rings. The molecule has 3 aromatic rings. The number of rotatable bonds is 2. The van der Waals surface area contributed by atoms with E-state index in [0.29, 0.717) is 0 Å². The first-order valence-corrected chi connectivity index (χ1v) is 8.70. The Kier molecular flexibility index (Phi) is 3.82. The van der Waals surface area contributed by atoms with E-state index in [0.717, 1.165) is 12.8 Å². The van der Waals surface area contributed by atoms with Crippen molar-refractivity contribution in [1.82, 2.24) is 0 Å². The fraction of sp³-hybridized carbons (Fsp3) is 0.167. The van der Waals surface area contributed by atoms with E-state index in [2.05, 4.69) is 86.7 Å². The van der Waals surface area contributed by atoms with E-state index in [4.69, 9.17) is 0 Å². The largest absolute Gasteiger partial charge is 0.0807 e. The maximum Gasteiger partial charge on any atom is -0.00966 e. The minimum absolute atomic E-state index is 1.14. The lowest BCUT2D eigenvalue weighted by molar-refractivity contribution is 1.02. The van der Waals surface area contributed by atoms with Crippen LogP contribution >= 0.6 is 0 Å². The highest BCUT2D eigenvalue weighted by Gasteiger charge is 2.12. The summed E-state index contributed by atoms with van der Waals surface area (Å²) in [4.78, 5) is 0. The van der Waals surface area contributed by atoms with Crippen LogP contribution in [0.4, 0.5) is 0 Å². The molecule has 0 heteroatoms. The monoisotopic (exact) mass is 310 g/mol. The van der Waals surface area contributed by atoms with Crippen molar-refractivity contribution in [2.24, 2.45) is 0 Å². The van der Waals surface area contributed by atoms with Crippen LogP contribution in [0.3, 0.4) is 0 Å². The Bertz CT molecular complexity index is 970. The highest BCUT2D eigenvalue weighted by atomic mass is 14.2. The third kappa shape index (κ3) is 2.59. The number of aryl methyl sites for hydroxylation is 1. The van der Waals surface area contributed by atoms with Crippen molar-refractivity contribution in [3.05, 3.63) is 89.5 Å². The van der Waals surface area contributed by atoms with Gasteiger partial charge in [-0.05, 0) is 83.0 Å². The molecule has 0 heterocycles. The molecular formula is C24H22. The second kappa shape index (κ2) is 6.13. The van der Waals surface area contributed by atoms with E-state index >= 15 is 0 Å². The van der Waals surface area contributed by atoms with Crippen LogP contribution < -0.4 is 0 Å². The SMILES string of the molecule is CC1=CCCC=C1c1cc(-c2ccccc2C)c2ccccc2c1. The Labute approximate surface area is 144 Å². The van der Waals surface area contributed by atoms with Gasteiger partial charge in [-0.15, -0.1) is 0 Å². The fourth-order valence-corrected chi connectivity index (χ4v) is 3.71. The normalized spacial score (nSPS) is 14.4. The zero-order chi connectivity index (χ0) is 16.5. The van der Waals surface area contributed by atoms with E-state index in [1.54, 1.807) is 0 Å². The van der Waals surface area contributed by atoms with E-state index < -0.39 is 0 Å². The van der Waals surface area contributed by atoms with Crippen molar-refractivity contribution in [2.45, 2.75) is 26.7 Å². The van der Waals surface area contributed by atoms with Gasteiger partial charge in [0.05, 0.1) is 0 Å². The molecule has 1 aliphatic carbocycles. The average Bonchev–Trinajstić information content (AvgIpc) is 2.62. The highest BCUT2D eigenvalue weighted by Crippen LogP contribution is 2.36. The summed E-state index contributed by atoms with van der Waals surface area (Å²) in [5, 5.41) is 2.64. The predicted octanol–water partition coefficient (Wildman–Crippen LogP) is 6.94. The third-order valence-corrected chi connectivity index (χ3v) is 5.00. The molecule has 0 aromatic heterocycles. The topological polar surface area (TPSA) is 0 Å². The van der Waals surface area contributed by atoms with Gasteiger partial charge in [0.1, 0.15) is 0 Å². The Morgan fingerprint density at radius 3 is 2.29 bits per heavy atom. The molecule has 0 atom stereocenters. The van der Waals surface area contributed by atoms with E-state index in [-0.39, 0.29) is 0 Å². The molecule has 0 aliphatic heterocycles. The predicted molar refractivity (Wildman–Crippen MR) is 105 cm³/mol. The Balaban J connectivity index is 2.01. The van der Waals surface area contributed by atoms with Gasteiger partial charge in [-0.3, -0.25) is 0 Å². The first kappa shape index (κ1) is 15.0. The molecule has 0 spiro atoms. The average molecular weight is 310 g/mol. The zero-order valence-electron chi connectivity index (χ0n) is 14.3. The second-order valence-electron chi connectivity index (χ2n) is 6.64. The number of benzene rings is 3. The van der Waals surface area contributed by atoms with Crippen molar-refractivity contribution < 1.29 is 0 Å². The molecule has 0 amide bonds. The van der Waals surface area contributed by atoms with Gasteiger partial charge in [0.15, 0.2) is 0 Å². The third-order valence-electron chi connectivity index (χ3n) is 5.00. The van der Waals surface area contributed by atoms with Crippen molar-refractivity contribution in [3.63, 3.8) is 0 Å². The van der Waals surface area contributed by atoms with Crippen molar-refractivity contribution in [2.75, 3.05) is 0 Å². The first-order chi connectivity index (χ1) is 11.7. The molecule has 0 bridgehead atoms. The Morgan fingerprint density at radius 1 is 0.708 bits per heavy atom. The summed E-state index contributed by atoms with van der Waals surface area (Å²) in [5.74, 6) is 0. The molecule has 0 fully saturated rings. The second-order valence-corrected chi connectivity index (χ2v) is 6.64. The lowest BCUT2D eigenvalue weighted by Crippen LogP contribution is -1.94. The van der Waals surface area contributed by atoms with Crippen molar-refractivity contribution in [1.29, 1.82) is 0 Å². The molecule has 0 saturated carbocycles. The van der Waals surface area contributed by atoms with Crippen LogP contribution in [0.25, 0.3) is 27.5 Å². The van der Waals surface area contributed by atoms with Crippen LogP contribution in [-0.2, 0) is 0 Å². The molecule has 3 aromatic carbocycles.